The van der Waals surface area contributed by atoms with Gasteiger partial charge in [-0.1, -0.05) is 85.1 Å². The average Bonchev–Trinajstić information content (AvgIpc) is 3.12. The molecule has 2 heterocycles. The Morgan fingerprint density at radius 1 is 1.28 bits per heavy atom. The van der Waals surface area contributed by atoms with Crippen LogP contribution in [0.15, 0.2) is 82.8 Å². The Labute approximate surface area is 226 Å². The van der Waals surface area contributed by atoms with E-state index in [1.807, 2.05) is 37.5 Å². The van der Waals surface area contributed by atoms with Crippen LogP contribution in [0.1, 0.15) is 52.5 Å². The van der Waals surface area contributed by atoms with Crippen molar-refractivity contribution in [3.05, 3.63) is 93.4 Å². The highest BCUT2D eigenvalue weighted by Crippen LogP contribution is 2.50. The zero-order chi connectivity index (χ0) is 26.0. The van der Waals surface area contributed by atoms with Gasteiger partial charge in [0.15, 0.2) is 5.84 Å². The minimum Gasteiger partial charge on any atom is -0.355 e. The fourth-order valence-corrected chi connectivity index (χ4v) is 6.12. The topological polar surface area (TPSA) is 44.9 Å². The highest BCUT2D eigenvalue weighted by Gasteiger charge is 2.47. The Morgan fingerprint density at radius 3 is 2.64 bits per heavy atom. The predicted molar refractivity (Wildman–Crippen MR) is 154 cm³/mol. The van der Waals surface area contributed by atoms with Gasteiger partial charge in [-0.15, -0.1) is 0 Å². The van der Waals surface area contributed by atoms with E-state index in [1.165, 1.54) is 11.1 Å². The number of amidine groups is 1. The maximum Gasteiger partial charge on any atom is 0.152 e. The summed E-state index contributed by atoms with van der Waals surface area (Å²) in [5, 5.41) is 1.18. The summed E-state index contributed by atoms with van der Waals surface area (Å²) in [6, 6.07) is 5.84. The van der Waals surface area contributed by atoms with Gasteiger partial charge in [0, 0.05) is 38.1 Å². The monoisotopic (exact) mass is 524 g/mol. The molecular weight excluding hydrogens is 487 g/mol. The molecule has 0 aromatic heterocycles. The Bertz CT molecular complexity index is 1160. The van der Waals surface area contributed by atoms with Gasteiger partial charge in [0.1, 0.15) is 0 Å². The number of hydrogen-bond acceptors (Lipinski definition) is 4. The van der Waals surface area contributed by atoms with E-state index < -0.39 is 0 Å². The Kier molecular flexibility index (Phi) is 8.18. The Morgan fingerprint density at radius 2 is 2.00 bits per heavy atom. The summed E-state index contributed by atoms with van der Waals surface area (Å²) in [4.78, 5) is 9.42. The van der Waals surface area contributed by atoms with E-state index in [0.29, 0.717) is 22.5 Å². The van der Waals surface area contributed by atoms with Gasteiger partial charge >= 0.3 is 0 Å². The van der Waals surface area contributed by atoms with Gasteiger partial charge in [-0.2, -0.15) is 0 Å². The van der Waals surface area contributed by atoms with Crippen LogP contribution in [0.4, 0.5) is 0 Å². The highest BCUT2D eigenvalue weighted by molar-refractivity contribution is 6.42. The molecule has 1 aromatic carbocycles. The van der Waals surface area contributed by atoms with Crippen molar-refractivity contribution in [2.24, 2.45) is 22.1 Å². The van der Waals surface area contributed by atoms with Crippen LogP contribution in [0.25, 0.3) is 0 Å². The summed E-state index contributed by atoms with van der Waals surface area (Å²) >= 11 is 12.7. The number of hydrogen-bond donors (Lipinski definition) is 1. The second-order valence-electron chi connectivity index (χ2n) is 10.6. The maximum absolute atomic E-state index is 6.97. The summed E-state index contributed by atoms with van der Waals surface area (Å²) < 4.78 is 0. The molecular formula is C30H38Cl2N4. The fraction of sp³-hybridized carbons (Fsp3) is 0.433. The molecule has 1 aliphatic carbocycles. The molecule has 4 nitrogen and oxygen atoms in total. The van der Waals surface area contributed by atoms with Gasteiger partial charge in [-0.05, 0) is 61.6 Å². The summed E-state index contributed by atoms with van der Waals surface area (Å²) in [6.45, 7) is 15.2. The molecule has 0 amide bonds. The second kappa shape index (κ2) is 11.0. The molecule has 1 atom stereocenters. The highest BCUT2D eigenvalue weighted by atomic mass is 35.5. The van der Waals surface area contributed by atoms with Crippen LogP contribution in [0, 0.1) is 11.3 Å². The summed E-state index contributed by atoms with van der Waals surface area (Å²) in [5.41, 5.74) is 13.0. The SMILES string of the molecule is C=C(C)/C=C\C1=C(C(C)C)CC2(CCN(C3=NC=CN(Cc4cccc(Cl)c4Cl)/C3=C\C)CC2)C1N. The van der Waals surface area contributed by atoms with Crippen molar-refractivity contribution in [2.45, 2.75) is 59.5 Å². The molecule has 3 aliphatic rings. The van der Waals surface area contributed by atoms with E-state index in [4.69, 9.17) is 33.9 Å². The first-order chi connectivity index (χ1) is 17.2. The summed E-state index contributed by atoms with van der Waals surface area (Å²) in [7, 11) is 0. The Hall–Kier alpha value is -2.27. The van der Waals surface area contributed by atoms with Gasteiger partial charge in [0.25, 0.3) is 0 Å². The molecule has 1 saturated heterocycles. The van der Waals surface area contributed by atoms with Crippen molar-refractivity contribution in [3.8, 4) is 0 Å². The largest absolute Gasteiger partial charge is 0.355 e. The van der Waals surface area contributed by atoms with Crippen LogP contribution in [-0.2, 0) is 6.54 Å². The molecule has 1 unspecified atom stereocenters. The third-order valence-electron chi connectivity index (χ3n) is 7.84. The van der Waals surface area contributed by atoms with Gasteiger partial charge in [0.05, 0.1) is 15.7 Å². The molecule has 2 N–H and O–H groups in total. The maximum atomic E-state index is 6.97. The van der Waals surface area contributed by atoms with Crippen LogP contribution < -0.4 is 5.73 Å². The molecule has 0 saturated carbocycles. The summed E-state index contributed by atoms with van der Waals surface area (Å²) in [5.74, 6) is 1.51. The molecule has 36 heavy (non-hydrogen) atoms. The van der Waals surface area contributed by atoms with Gasteiger partial charge < -0.3 is 15.5 Å². The number of halogens is 2. The van der Waals surface area contributed by atoms with E-state index in [9.17, 15) is 0 Å². The number of nitrogens with two attached hydrogens (primary N) is 1. The number of piperidine rings is 1. The van der Waals surface area contributed by atoms with Gasteiger partial charge in [-0.25, -0.2) is 4.99 Å². The van der Waals surface area contributed by atoms with Crippen molar-refractivity contribution in [3.63, 3.8) is 0 Å². The van der Waals surface area contributed by atoms with Crippen molar-refractivity contribution in [1.82, 2.24) is 9.80 Å². The number of nitrogens with zero attached hydrogens (tertiary/aromatic N) is 3. The number of aliphatic imine (C=N–C) groups is 1. The van der Waals surface area contributed by atoms with Crippen molar-refractivity contribution < 1.29 is 0 Å². The molecule has 0 bridgehead atoms. The lowest BCUT2D eigenvalue weighted by molar-refractivity contribution is 0.137. The van der Waals surface area contributed by atoms with E-state index >= 15 is 0 Å². The quantitative estimate of drug-likeness (QED) is 0.406. The lowest BCUT2D eigenvalue weighted by Crippen LogP contribution is -2.50. The molecule has 1 aromatic rings. The van der Waals surface area contributed by atoms with E-state index in [1.54, 1.807) is 0 Å². The third kappa shape index (κ3) is 5.22. The number of benzene rings is 1. The van der Waals surface area contributed by atoms with Crippen LogP contribution >= 0.6 is 23.2 Å². The number of allylic oxidation sites excluding steroid dienone is 4. The number of likely N-dealkylation sites (tertiary alicyclic amines) is 1. The van der Waals surface area contributed by atoms with Crippen LogP contribution in [0.3, 0.4) is 0 Å². The first-order valence-corrected chi connectivity index (χ1v) is 13.6. The zero-order valence-electron chi connectivity index (χ0n) is 21.9. The molecule has 1 fully saturated rings. The molecule has 2 aliphatic heterocycles. The van der Waals surface area contributed by atoms with Crippen LogP contribution in [0.5, 0.6) is 0 Å². The van der Waals surface area contributed by atoms with Crippen LogP contribution in [-0.4, -0.2) is 34.8 Å². The van der Waals surface area contributed by atoms with Gasteiger partial charge in [0.2, 0.25) is 0 Å². The zero-order valence-corrected chi connectivity index (χ0v) is 23.4. The second-order valence-corrected chi connectivity index (χ2v) is 11.4. The van der Waals surface area contributed by atoms with Crippen molar-refractivity contribution in [1.29, 1.82) is 0 Å². The average molecular weight is 526 g/mol. The summed E-state index contributed by atoms with van der Waals surface area (Å²) in [6.07, 6.45) is 13.5. The minimum absolute atomic E-state index is 0.0588. The normalized spacial score (nSPS) is 23.1. The third-order valence-corrected chi connectivity index (χ3v) is 8.70. The first kappa shape index (κ1) is 26.8. The smallest absolute Gasteiger partial charge is 0.152 e. The predicted octanol–water partition coefficient (Wildman–Crippen LogP) is 7.48. The molecule has 0 radical (unpaired) electrons. The van der Waals surface area contributed by atoms with E-state index in [0.717, 1.165) is 55.0 Å². The first-order valence-electron chi connectivity index (χ1n) is 12.8. The molecule has 1 spiro atoms. The molecule has 192 valence electrons. The van der Waals surface area contributed by atoms with Crippen molar-refractivity contribution >= 4 is 29.0 Å². The molecule has 6 heteroatoms. The van der Waals surface area contributed by atoms with Gasteiger partial charge in [-0.3, -0.25) is 0 Å². The van der Waals surface area contributed by atoms with E-state index in [2.05, 4.69) is 55.4 Å². The molecule has 4 rings (SSSR count). The minimum atomic E-state index is 0.0588. The fourth-order valence-electron chi connectivity index (χ4n) is 5.74. The number of rotatable bonds is 5. The van der Waals surface area contributed by atoms with E-state index in [-0.39, 0.29) is 11.5 Å². The standard InChI is InChI=1S/C30H38Cl2N4/c1-6-26-29(34-14-17-36(26)19-22-8-7-9-25(31)27(22)32)35-15-12-30(13-16-35)18-24(21(4)5)23(28(30)33)11-10-20(2)3/h6-11,14,17,21,28H,2,12-13,15-16,18-19,33H2,1,3-5H3/b11-10-,26-6-. The van der Waals surface area contributed by atoms with Crippen LogP contribution in [0.2, 0.25) is 10.0 Å². The lowest BCUT2D eigenvalue weighted by atomic mass is 9.72. The lowest BCUT2D eigenvalue weighted by Gasteiger charge is -2.45. The van der Waals surface area contributed by atoms with Crippen molar-refractivity contribution in [2.75, 3.05) is 13.1 Å². The Balaban J connectivity index is 1.49.